The minimum absolute atomic E-state index is 0.0322. The molecule has 7 heteroatoms. The third kappa shape index (κ3) is 5.96. The van der Waals surface area contributed by atoms with Gasteiger partial charge in [-0.25, -0.2) is 4.79 Å². The maximum atomic E-state index is 13.8. The summed E-state index contributed by atoms with van der Waals surface area (Å²) in [6.45, 7) is 8.72. The molecule has 2 N–H and O–H groups in total. The molecule has 184 valence electrons. The van der Waals surface area contributed by atoms with Crippen molar-refractivity contribution in [1.29, 1.82) is 0 Å². The first kappa shape index (κ1) is 25.7. The van der Waals surface area contributed by atoms with Crippen molar-refractivity contribution in [2.45, 2.75) is 52.5 Å². The summed E-state index contributed by atoms with van der Waals surface area (Å²) in [7, 11) is 1.75. The third-order valence-electron chi connectivity index (χ3n) is 6.31. The van der Waals surface area contributed by atoms with E-state index >= 15 is 0 Å². The highest BCUT2D eigenvalue weighted by atomic mass is 16.5. The number of urea groups is 1. The number of aliphatic hydroxyl groups excluding tert-OH is 1. The molecular weight excluding hydrogens is 430 g/mol. The van der Waals surface area contributed by atoms with Gasteiger partial charge in [-0.1, -0.05) is 49.4 Å². The van der Waals surface area contributed by atoms with Crippen LogP contribution in [0.15, 0.2) is 48.5 Å². The maximum Gasteiger partial charge on any atom is 0.317 e. The van der Waals surface area contributed by atoms with Gasteiger partial charge in [0.1, 0.15) is 0 Å². The van der Waals surface area contributed by atoms with Gasteiger partial charge in [-0.15, -0.1) is 0 Å². The number of amides is 3. The van der Waals surface area contributed by atoms with E-state index in [1.807, 2.05) is 76.2 Å². The first-order valence-electron chi connectivity index (χ1n) is 11.9. The van der Waals surface area contributed by atoms with Crippen LogP contribution in [-0.2, 0) is 11.3 Å². The van der Waals surface area contributed by atoms with Gasteiger partial charge in [-0.3, -0.25) is 4.79 Å². The van der Waals surface area contributed by atoms with Crippen LogP contribution in [0.1, 0.15) is 43.6 Å². The van der Waals surface area contributed by atoms with Gasteiger partial charge in [0.05, 0.1) is 25.4 Å². The van der Waals surface area contributed by atoms with Crippen molar-refractivity contribution in [3.8, 4) is 11.1 Å². The Kier molecular flexibility index (Phi) is 8.69. The Balaban J connectivity index is 2.02. The number of benzene rings is 2. The average Bonchev–Trinajstić information content (AvgIpc) is 2.84. The predicted molar refractivity (Wildman–Crippen MR) is 134 cm³/mol. The van der Waals surface area contributed by atoms with Crippen LogP contribution in [0.5, 0.6) is 0 Å². The van der Waals surface area contributed by atoms with Crippen LogP contribution in [0.3, 0.4) is 0 Å². The van der Waals surface area contributed by atoms with Gasteiger partial charge in [0.2, 0.25) is 0 Å². The summed E-state index contributed by atoms with van der Waals surface area (Å²) in [4.78, 5) is 29.7. The fraction of sp³-hybridized carbons (Fsp3) is 0.481. The number of carbonyl (C=O) groups excluding carboxylic acids is 2. The normalized spacial score (nSPS) is 19.6. The van der Waals surface area contributed by atoms with Crippen molar-refractivity contribution in [2.24, 2.45) is 5.92 Å². The van der Waals surface area contributed by atoms with Crippen LogP contribution in [0.2, 0.25) is 0 Å². The van der Waals surface area contributed by atoms with Gasteiger partial charge >= 0.3 is 6.03 Å². The van der Waals surface area contributed by atoms with E-state index in [0.717, 1.165) is 16.7 Å². The summed E-state index contributed by atoms with van der Waals surface area (Å²) in [5.74, 6) is -0.199. The number of fused-ring (bicyclic) bond motifs is 3. The molecule has 2 aromatic rings. The van der Waals surface area contributed by atoms with Gasteiger partial charge in [0.15, 0.2) is 0 Å². The number of aliphatic hydroxyl groups is 1. The molecule has 0 saturated heterocycles. The molecule has 1 heterocycles. The van der Waals surface area contributed by atoms with Gasteiger partial charge in [-0.2, -0.15) is 0 Å². The van der Waals surface area contributed by atoms with Crippen LogP contribution in [0.25, 0.3) is 11.1 Å². The molecule has 2 aromatic carbocycles. The highest BCUT2D eigenvalue weighted by Crippen LogP contribution is 2.31. The van der Waals surface area contributed by atoms with Crippen molar-refractivity contribution >= 4 is 11.9 Å². The molecule has 7 nitrogen and oxygen atoms in total. The second-order valence-electron chi connectivity index (χ2n) is 9.50. The zero-order valence-electron chi connectivity index (χ0n) is 20.8. The quantitative estimate of drug-likeness (QED) is 0.702. The lowest BCUT2D eigenvalue weighted by Gasteiger charge is -2.35. The van der Waals surface area contributed by atoms with E-state index in [0.29, 0.717) is 25.3 Å². The van der Waals surface area contributed by atoms with E-state index in [1.165, 1.54) is 0 Å². The topological polar surface area (TPSA) is 82.1 Å². The number of nitrogens with zero attached hydrogens (tertiary/aromatic N) is 2. The highest BCUT2D eigenvalue weighted by Gasteiger charge is 2.31. The Morgan fingerprint density at radius 2 is 1.74 bits per heavy atom. The van der Waals surface area contributed by atoms with Crippen molar-refractivity contribution < 1.29 is 19.4 Å². The molecule has 34 heavy (non-hydrogen) atoms. The van der Waals surface area contributed by atoms with Gasteiger partial charge < -0.3 is 25.0 Å². The Hall–Kier alpha value is -2.90. The van der Waals surface area contributed by atoms with Crippen LogP contribution >= 0.6 is 0 Å². The SMILES string of the molecule is CC(C)NC(=O)N(C)C[C@H]1OCc2ccccc2-c2ccccc2C(=O)N([C@H](C)CO)C[C@H]1C. The summed E-state index contributed by atoms with van der Waals surface area (Å²) >= 11 is 0. The summed E-state index contributed by atoms with van der Waals surface area (Å²) in [5, 5.41) is 12.8. The zero-order chi connectivity index (χ0) is 24.8. The Labute approximate surface area is 202 Å². The van der Waals surface area contributed by atoms with E-state index in [-0.39, 0.29) is 42.7 Å². The summed E-state index contributed by atoms with van der Waals surface area (Å²) < 4.78 is 6.43. The molecule has 0 unspecified atom stereocenters. The van der Waals surface area contributed by atoms with Crippen molar-refractivity contribution in [1.82, 2.24) is 15.1 Å². The predicted octanol–water partition coefficient (Wildman–Crippen LogP) is 3.76. The second kappa shape index (κ2) is 11.5. The number of rotatable bonds is 5. The summed E-state index contributed by atoms with van der Waals surface area (Å²) in [6.07, 6.45) is -0.307. The molecular formula is C27H37N3O4. The molecule has 3 amide bonds. The standard InChI is InChI=1S/C27H37N3O4/c1-18(2)28-27(33)29(5)15-25-19(3)14-30(20(4)16-31)26(32)24-13-9-8-12-23(24)22-11-7-6-10-21(22)17-34-25/h6-13,18-20,25,31H,14-17H2,1-5H3,(H,28,33)/t19-,20-,25-/m1/s1. The van der Waals surface area contributed by atoms with Crippen LogP contribution < -0.4 is 5.32 Å². The second-order valence-corrected chi connectivity index (χ2v) is 9.50. The molecule has 0 fully saturated rings. The molecule has 3 atom stereocenters. The molecule has 0 aliphatic carbocycles. The molecule has 0 radical (unpaired) electrons. The monoisotopic (exact) mass is 467 g/mol. The number of hydrogen-bond donors (Lipinski definition) is 2. The lowest BCUT2D eigenvalue weighted by Crippen LogP contribution is -2.49. The number of carbonyl (C=O) groups is 2. The zero-order valence-corrected chi connectivity index (χ0v) is 20.8. The Bertz CT molecular complexity index is 993. The van der Waals surface area contributed by atoms with Crippen molar-refractivity contribution in [3.63, 3.8) is 0 Å². The Morgan fingerprint density at radius 1 is 1.12 bits per heavy atom. The maximum absolute atomic E-state index is 13.8. The smallest absolute Gasteiger partial charge is 0.317 e. The van der Waals surface area contributed by atoms with E-state index in [4.69, 9.17) is 4.74 Å². The van der Waals surface area contributed by atoms with Gasteiger partial charge in [0.25, 0.3) is 5.91 Å². The molecule has 3 rings (SSSR count). The number of likely N-dealkylation sites (N-methyl/N-ethyl adjacent to an activating group) is 1. The lowest BCUT2D eigenvalue weighted by atomic mass is 9.94. The van der Waals surface area contributed by atoms with Crippen LogP contribution in [0.4, 0.5) is 4.79 Å². The van der Waals surface area contributed by atoms with Crippen LogP contribution in [-0.4, -0.2) is 71.8 Å². The third-order valence-corrected chi connectivity index (χ3v) is 6.31. The molecule has 0 bridgehead atoms. The number of hydrogen-bond acceptors (Lipinski definition) is 4. The van der Waals surface area contributed by atoms with Gasteiger partial charge in [0, 0.05) is 37.7 Å². The Morgan fingerprint density at radius 3 is 2.38 bits per heavy atom. The number of ether oxygens (including phenoxy) is 1. The van der Waals surface area contributed by atoms with Crippen LogP contribution in [0, 0.1) is 5.92 Å². The largest absolute Gasteiger partial charge is 0.394 e. The molecule has 0 saturated carbocycles. The average molecular weight is 468 g/mol. The molecule has 0 aromatic heterocycles. The van der Waals surface area contributed by atoms with E-state index in [9.17, 15) is 14.7 Å². The summed E-state index contributed by atoms with van der Waals surface area (Å²) in [6, 6.07) is 15.0. The van der Waals surface area contributed by atoms with E-state index in [2.05, 4.69) is 5.32 Å². The number of nitrogens with one attached hydrogen (secondary N) is 1. The first-order valence-corrected chi connectivity index (χ1v) is 11.9. The fourth-order valence-electron chi connectivity index (χ4n) is 4.26. The minimum Gasteiger partial charge on any atom is -0.394 e. The lowest BCUT2D eigenvalue weighted by molar-refractivity contribution is -0.0185. The first-order chi connectivity index (χ1) is 16.2. The molecule has 1 aliphatic heterocycles. The van der Waals surface area contributed by atoms with E-state index < -0.39 is 0 Å². The molecule has 1 aliphatic rings. The van der Waals surface area contributed by atoms with Crippen molar-refractivity contribution in [2.75, 3.05) is 26.7 Å². The fourth-order valence-corrected chi connectivity index (χ4v) is 4.26. The minimum atomic E-state index is -0.360. The highest BCUT2D eigenvalue weighted by molar-refractivity contribution is 6.01. The van der Waals surface area contributed by atoms with E-state index in [1.54, 1.807) is 16.8 Å². The molecule has 0 spiro atoms. The summed E-state index contributed by atoms with van der Waals surface area (Å²) in [5.41, 5.74) is 3.39. The van der Waals surface area contributed by atoms with Gasteiger partial charge in [-0.05, 0) is 43.5 Å². The van der Waals surface area contributed by atoms with Crippen molar-refractivity contribution in [3.05, 3.63) is 59.7 Å².